The number of hydrogen-bond acceptors (Lipinski definition) is 8. The molecular weight excluding hydrogens is 488 g/mol. The van der Waals surface area contributed by atoms with E-state index in [-0.39, 0.29) is 46.1 Å². The van der Waals surface area contributed by atoms with Gasteiger partial charge in [0, 0.05) is 32.8 Å². The van der Waals surface area contributed by atoms with Crippen LogP contribution >= 0.6 is 0 Å². The maximum absolute atomic E-state index is 11.6. The maximum Gasteiger partial charge on any atom is 0.196 e. The molecule has 0 bridgehead atoms. The Kier molecular flexibility index (Phi) is 13.6. The Labute approximate surface area is 218 Å². The van der Waals surface area contributed by atoms with Crippen LogP contribution in [0.2, 0.25) is 0 Å². The number of ketones is 4. The molecule has 0 aromatic heterocycles. The van der Waals surface area contributed by atoms with Gasteiger partial charge in [-0.1, -0.05) is 73.9 Å². The zero-order valence-corrected chi connectivity index (χ0v) is 21.4. The van der Waals surface area contributed by atoms with Crippen LogP contribution in [0.5, 0.6) is 0 Å². The van der Waals surface area contributed by atoms with Crippen molar-refractivity contribution in [3.05, 3.63) is 81.9 Å². The Morgan fingerprint density at radius 1 is 0.629 bits per heavy atom. The summed E-state index contributed by atoms with van der Waals surface area (Å²) in [5, 5.41) is 41.0. The van der Waals surface area contributed by atoms with Crippen molar-refractivity contribution in [1.29, 1.82) is 0 Å². The third-order valence-corrected chi connectivity index (χ3v) is 4.45. The van der Waals surface area contributed by atoms with Gasteiger partial charge in [0.15, 0.2) is 23.1 Å². The van der Waals surface area contributed by atoms with Crippen molar-refractivity contribution in [2.24, 2.45) is 0 Å². The zero-order chi connectivity index (χ0) is 26.0. The summed E-state index contributed by atoms with van der Waals surface area (Å²) in [4.78, 5) is 45.3. The molecule has 184 valence electrons. The monoisotopic (exact) mass is 512 g/mol. The first-order valence-corrected chi connectivity index (χ1v) is 10.4. The third kappa shape index (κ3) is 7.41. The van der Waals surface area contributed by atoms with Crippen LogP contribution in [0.15, 0.2) is 59.7 Å². The van der Waals surface area contributed by atoms with Gasteiger partial charge in [-0.15, -0.1) is 13.2 Å². The molecule has 0 spiro atoms. The molecule has 8 nitrogen and oxygen atoms in total. The second-order valence-corrected chi connectivity index (χ2v) is 6.85. The van der Waals surface area contributed by atoms with E-state index in [0.29, 0.717) is 22.3 Å². The van der Waals surface area contributed by atoms with Crippen LogP contribution in [0.3, 0.4) is 0 Å². The van der Waals surface area contributed by atoms with E-state index in [1.54, 1.807) is 62.4 Å². The van der Waals surface area contributed by atoms with Crippen LogP contribution in [0, 0.1) is 0 Å². The zero-order valence-electron chi connectivity index (χ0n) is 19.8. The first kappa shape index (κ1) is 31.8. The van der Waals surface area contributed by atoms with Crippen LogP contribution < -0.4 is 20.4 Å². The van der Waals surface area contributed by atoms with Crippen LogP contribution in [-0.2, 0) is 31.3 Å². The van der Waals surface area contributed by atoms with E-state index in [2.05, 4.69) is 0 Å². The summed E-state index contributed by atoms with van der Waals surface area (Å²) in [6.45, 7) is 5.61. The molecule has 35 heavy (non-hydrogen) atoms. The summed E-state index contributed by atoms with van der Waals surface area (Å²) >= 11 is 0. The van der Waals surface area contributed by atoms with Crippen LogP contribution in [0.4, 0.5) is 0 Å². The average Bonchev–Trinajstić information content (AvgIpc) is 3.20. The fourth-order valence-electron chi connectivity index (χ4n) is 3.14. The van der Waals surface area contributed by atoms with E-state index < -0.39 is 34.7 Å². The molecule has 4 rings (SSSR count). The number of hydrogen-bond donors (Lipinski definition) is 0. The molecule has 2 aliphatic rings. The summed E-state index contributed by atoms with van der Waals surface area (Å²) in [5.41, 5.74) is 0.910. The minimum Gasteiger partial charge on any atom is -0.871 e. The molecule has 2 aromatic rings. The summed E-state index contributed by atoms with van der Waals surface area (Å²) in [6, 6.07) is 12.9. The summed E-state index contributed by atoms with van der Waals surface area (Å²) in [5.74, 6) is -2.71. The van der Waals surface area contributed by atoms with E-state index in [1.165, 1.54) is 13.8 Å². The van der Waals surface area contributed by atoms with Crippen molar-refractivity contribution in [2.75, 3.05) is 13.2 Å². The topological polar surface area (TPSA) is 161 Å². The van der Waals surface area contributed by atoms with E-state index in [4.69, 9.17) is 10.2 Å². The summed E-state index contributed by atoms with van der Waals surface area (Å²) < 4.78 is 0. The molecule has 0 fully saturated rings. The number of fused-ring (bicyclic) bond motifs is 2. The van der Waals surface area contributed by atoms with Gasteiger partial charge in [-0.2, -0.15) is 0 Å². The Bertz CT molecular complexity index is 1070. The van der Waals surface area contributed by atoms with Gasteiger partial charge in [0.05, 0.1) is 11.1 Å². The van der Waals surface area contributed by atoms with E-state index >= 15 is 0 Å². The fourth-order valence-corrected chi connectivity index (χ4v) is 3.14. The molecule has 0 atom stereocenters. The van der Waals surface area contributed by atoms with Gasteiger partial charge in [0.1, 0.15) is 0 Å². The number of benzene rings is 2. The Hall–Kier alpha value is -3.17. The molecule has 0 aliphatic heterocycles. The molecule has 9 heteroatoms. The van der Waals surface area contributed by atoms with Gasteiger partial charge >= 0.3 is 0 Å². The third-order valence-electron chi connectivity index (χ3n) is 4.45. The van der Waals surface area contributed by atoms with Crippen LogP contribution in [0.1, 0.15) is 59.5 Å². The molecule has 0 amide bonds. The quantitative estimate of drug-likeness (QED) is 0.396. The second kappa shape index (κ2) is 15.0. The predicted octanol–water partition coefficient (Wildman–Crippen LogP) is -0.183. The molecule has 2 aromatic carbocycles. The minimum absolute atomic E-state index is 0. The standard InChI is InChI=1S/2C11H8O3.2C2H5O.Ti/c2*1-6(12)9-10(13)7-4-2-3-5-8(7)11(9)14;2*1-2-3;/h2*2-5,13H,1H3;2*2H2,1H3;/q;;2*-1;/p-2. The van der Waals surface area contributed by atoms with E-state index in [0.717, 1.165) is 0 Å². The number of rotatable bonds is 2. The van der Waals surface area contributed by atoms with Crippen molar-refractivity contribution >= 4 is 34.7 Å². The smallest absolute Gasteiger partial charge is 0.196 e. The average molecular weight is 512 g/mol. The Morgan fingerprint density at radius 2 is 0.857 bits per heavy atom. The van der Waals surface area contributed by atoms with Gasteiger partial charge in [-0.05, 0) is 25.0 Å². The molecule has 2 aliphatic carbocycles. The molecule has 0 heterocycles. The van der Waals surface area contributed by atoms with E-state index in [1.807, 2.05) is 0 Å². The Morgan fingerprint density at radius 3 is 1.06 bits per heavy atom. The second-order valence-electron chi connectivity index (χ2n) is 6.85. The number of Topliss-reactive ketones (excluding diaryl/α,β-unsaturated/α-hetero) is 4. The van der Waals surface area contributed by atoms with Crippen LogP contribution in [-0.4, -0.2) is 36.3 Å². The normalized spacial score (nSPS) is 12.6. The number of carbonyl (C=O) groups is 4. The van der Waals surface area contributed by atoms with Gasteiger partial charge in [0.2, 0.25) is 0 Å². The SMILES string of the molecule is CC(=O)C1=C([O-])c2ccccc2C1=O.CC(=O)C1=C([O-])c2ccccc2C1=O.CC[O-].CC[O-].[Ti]. The minimum atomic E-state index is -0.462. The Balaban J connectivity index is 0.000000528. The first-order valence-electron chi connectivity index (χ1n) is 10.4. The molecule has 0 unspecified atom stereocenters. The molecule has 0 N–H and O–H groups in total. The van der Waals surface area contributed by atoms with Crippen molar-refractivity contribution in [3.8, 4) is 0 Å². The number of carbonyl (C=O) groups excluding carboxylic acids is 4. The van der Waals surface area contributed by atoms with Gasteiger partial charge < -0.3 is 20.4 Å². The molecule has 0 saturated carbocycles. The van der Waals surface area contributed by atoms with Gasteiger partial charge in [-0.25, -0.2) is 0 Å². The summed E-state index contributed by atoms with van der Waals surface area (Å²) in [7, 11) is 0. The van der Waals surface area contributed by atoms with E-state index in [9.17, 15) is 29.4 Å². The maximum atomic E-state index is 11.6. The fraction of sp³-hybridized carbons (Fsp3) is 0.231. The van der Waals surface area contributed by atoms with Crippen molar-refractivity contribution < 1.29 is 61.3 Å². The number of allylic oxidation sites excluding steroid dienone is 2. The molecule has 0 saturated heterocycles. The van der Waals surface area contributed by atoms with Crippen molar-refractivity contribution in [3.63, 3.8) is 0 Å². The van der Waals surface area contributed by atoms with Gasteiger partial charge in [-0.3, -0.25) is 19.2 Å². The first-order chi connectivity index (χ1) is 16.1. The molecule has 0 radical (unpaired) electrons. The summed E-state index contributed by atoms with van der Waals surface area (Å²) in [6.07, 6.45) is 0. The van der Waals surface area contributed by atoms with Gasteiger partial charge in [0.25, 0.3) is 0 Å². The van der Waals surface area contributed by atoms with Crippen LogP contribution in [0.25, 0.3) is 11.5 Å². The van der Waals surface area contributed by atoms with Crippen molar-refractivity contribution in [1.82, 2.24) is 0 Å². The predicted molar refractivity (Wildman–Crippen MR) is 118 cm³/mol. The van der Waals surface area contributed by atoms with Crippen molar-refractivity contribution in [2.45, 2.75) is 27.7 Å². The largest absolute Gasteiger partial charge is 0.871 e. The molecular formula is C26H24O8Ti-4.